The largest absolute Gasteiger partial charge is 0.369 e. The monoisotopic (exact) mass is 318 g/mol. The van der Waals surface area contributed by atoms with Crippen LogP contribution in [0.2, 0.25) is 0 Å². The van der Waals surface area contributed by atoms with Gasteiger partial charge in [-0.3, -0.25) is 0 Å². The van der Waals surface area contributed by atoms with Gasteiger partial charge in [-0.1, -0.05) is 0 Å². The minimum atomic E-state index is 0.726. The molecule has 1 saturated heterocycles. The highest BCUT2D eigenvalue weighted by Crippen LogP contribution is 2.24. The SMILES string of the molecule is Cc1cc(NCC2CSCCS2)ncc1Br. The van der Waals surface area contributed by atoms with Crippen LogP contribution in [0.3, 0.4) is 0 Å². The molecule has 1 aromatic heterocycles. The summed E-state index contributed by atoms with van der Waals surface area (Å²) in [4.78, 5) is 4.35. The van der Waals surface area contributed by atoms with E-state index in [1.54, 1.807) is 0 Å². The number of hydrogen-bond acceptors (Lipinski definition) is 4. The molecule has 1 atom stereocenters. The summed E-state index contributed by atoms with van der Waals surface area (Å²) in [5.74, 6) is 4.82. The Labute approximate surface area is 113 Å². The van der Waals surface area contributed by atoms with E-state index in [9.17, 15) is 0 Å². The molecule has 0 amide bonds. The van der Waals surface area contributed by atoms with Gasteiger partial charge in [-0.15, -0.1) is 0 Å². The van der Waals surface area contributed by atoms with Crippen LogP contribution in [-0.4, -0.2) is 34.0 Å². The van der Waals surface area contributed by atoms with E-state index in [1.165, 1.54) is 22.8 Å². The van der Waals surface area contributed by atoms with Crippen molar-refractivity contribution in [1.82, 2.24) is 4.98 Å². The number of thioether (sulfide) groups is 2. The molecule has 0 bridgehead atoms. The highest BCUT2D eigenvalue weighted by molar-refractivity contribution is 9.10. The fraction of sp³-hybridized carbons (Fsp3) is 0.545. The van der Waals surface area contributed by atoms with Crippen molar-refractivity contribution in [3.63, 3.8) is 0 Å². The topological polar surface area (TPSA) is 24.9 Å². The quantitative estimate of drug-likeness (QED) is 0.923. The smallest absolute Gasteiger partial charge is 0.126 e. The number of aryl methyl sites for hydroxylation is 1. The first kappa shape index (κ1) is 12.6. The van der Waals surface area contributed by atoms with Gasteiger partial charge in [0.25, 0.3) is 0 Å². The number of aromatic nitrogens is 1. The number of rotatable bonds is 3. The van der Waals surface area contributed by atoms with Crippen LogP contribution in [0.1, 0.15) is 5.56 Å². The van der Waals surface area contributed by atoms with E-state index in [0.29, 0.717) is 0 Å². The molecule has 1 fully saturated rings. The van der Waals surface area contributed by atoms with Gasteiger partial charge in [0, 0.05) is 39.7 Å². The van der Waals surface area contributed by atoms with Crippen molar-refractivity contribution in [2.75, 3.05) is 29.1 Å². The lowest BCUT2D eigenvalue weighted by Gasteiger charge is -2.21. The van der Waals surface area contributed by atoms with E-state index >= 15 is 0 Å². The molecule has 2 rings (SSSR count). The van der Waals surface area contributed by atoms with Gasteiger partial charge in [-0.25, -0.2) is 4.98 Å². The molecule has 0 aromatic carbocycles. The maximum Gasteiger partial charge on any atom is 0.126 e. The lowest BCUT2D eigenvalue weighted by atomic mass is 10.3. The Bertz CT molecular complexity index is 354. The molecule has 2 heterocycles. The first-order chi connectivity index (χ1) is 7.75. The zero-order chi connectivity index (χ0) is 11.4. The second-order valence-corrected chi connectivity index (χ2v) is 7.18. The van der Waals surface area contributed by atoms with E-state index in [2.05, 4.69) is 62.7 Å². The number of nitrogens with one attached hydrogen (secondary N) is 1. The van der Waals surface area contributed by atoms with Crippen LogP contribution >= 0.6 is 39.5 Å². The first-order valence-corrected chi connectivity index (χ1v) is 8.31. The van der Waals surface area contributed by atoms with Crippen LogP contribution in [-0.2, 0) is 0 Å². The zero-order valence-corrected chi connectivity index (χ0v) is 12.4. The Kier molecular flexibility index (Phi) is 4.85. The summed E-state index contributed by atoms with van der Waals surface area (Å²) in [6.07, 6.45) is 1.86. The molecule has 1 N–H and O–H groups in total. The molecule has 0 aliphatic carbocycles. The molecule has 0 radical (unpaired) electrons. The summed E-state index contributed by atoms with van der Waals surface area (Å²) >= 11 is 7.58. The van der Waals surface area contributed by atoms with Gasteiger partial charge in [0.1, 0.15) is 5.82 Å². The molecule has 0 saturated carbocycles. The molecule has 5 heteroatoms. The van der Waals surface area contributed by atoms with Gasteiger partial charge in [0.05, 0.1) is 0 Å². The Morgan fingerprint density at radius 1 is 1.56 bits per heavy atom. The molecule has 1 aromatic rings. The molecule has 88 valence electrons. The zero-order valence-electron chi connectivity index (χ0n) is 9.20. The summed E-state index contributed by atoms with van der Waals surface area (Å²) in [5, 5.41) is 4.14. The average Bonchev–Trinajstić information content (AvgIpc) is 2.32. The van der Waals surface area contributed by atoms with Crippen molar-refractivity contribution < 1.29 is 0 Å². The fourth-order valence-electron chi connectivity index (χ4n) is 1.51. The number of anilines is 1. The predicted molar refractivity (Wildman–Crippen MR) is 78.7 cm³/mol. The Balaban J connectivity index is 1.86. The van der Waals surface area contributed by atoms with Crippen LogP contribution in [0.4, 0.5) is 5.82 Å². The number of nitrogens with zero attached hydrogens (tertiary/aromatic N) is 1. The van der Waals surface area contributed by atoms with E-state index in [1.807, 2.05) is 6.20 Å². The summed E-state index contributed by atoms with van der Waals surface area (Å²) in [7, 11) is 0. The highest BCUT2D eigenvalue weighted by Gasteiger charge is 2.13. The van der Waals surface area contributed by atoms with Gasteiger partial charge in [0.15, 0.2) is 0 Å². The molecule has 0 spiro atoms. The van der Waals surface area contributed by atoms with Crippen LogP contribution in [0.5, 0.6) is 0 Å². The summed E-state index contributed by atoms with van der Waals surface area (Å²) in [6.45, 7) is 3.11. The number of halogens is 1. The molecule has 16 heavy (non-hydrogen) atoms. The van der Waals surface area contributed by atoms with Gasteiger partial charge >= 0.3 is 0 Å². The molecule has 1 unspecified atom stereocenters. The molecule has 2 nitrogen and oxygen atoms in total. The predicted octanol–water partition coefficient (Wildman–Crippen LogP) is 3.41. The summed E-state index contributed by atoms with van der Waals surface area (Å²) in [5.41, 5.74) is 1.23. The number of pyridine rings is 1. The van der Waals surface area contributed by atoms with Gasteiger partial charge in [-0.05, 0) is 34.5 Å². The number of hydrogen-bond donors (Lipinski definition) is 1. The van der Waals surface area contributed by atoms with E-state index in [0.717, 1.165) is 22.1 Å². The third-order valence-corrected chi connectivity index (χ3v) is 6.12. The van der Waals surface area contributed by atoms with Crippen molar-refractivity contribution in [2.24, 2.45) is 0 Å². The minimum absolute atomic E-state index is 0.726. The van der Waals surface area contributed by atoms with Crippen molar-refractivity contribution in [2.45, 2.75) is 12.2 Å². The Morgan fingerprint density at radius 2 is 2.44 bits per heavy atom. The summed E-state index contributed by atoms with van der Waals surface area (Å²) in [6, 6.07) is 2.09. The van der Waals surface area contributed by atoms with E-state index < -0.39 is 0 Å². The summed E-state index contributed by atoms with van der Waals surface area (Å²) < 4.78 is 1.07. The van der Waals surface area contributed by atoms with Crippen LogP contribution < -0.4 is 5.32 Å². The standard InChI is InChI=1S/C11H15BrN2S2/c1-8-4-11(14-6-10(8)12)13-5-9-7-15-2-3-16-9/h4,6,9H,2-3,5,7H2,1H3,(H,13,14). The van der Waals surface area contributed by atoms with E-state index in [-0.39, 0.29) is 0 Å². The normalized spacial score (nSPS) is 20.8. The van der Waals surface area contributed by atoms with Crippen LogP contribution in [0.25, 0.3) is 0 Å². The first-order valence-electron chi connectivity index (χ1n) is 5.31. The molecular weight excluding hydrogens is 304 g/mol. The fourth-order valence-corrected chi connectivity index (χ4v) is 4.34. The lowest BCUT2D eigenvalue weighted by Crippen LogP contribution is -2.23. The second-order valence-electron chi connectivity index (χ2n) is 3.77. The lowest BCUT2D eigenvalue weighted by molar-refractivity contribution is 0.991. The van der Waals surface area contributed by atoms with Crippen molar-refractivity contribution in [3.8, 4) is 0 Å². The third-order valence-electron chi connectivity index (χ3n) is 2.44. The average molecular weight is 319 g/mol. The van der Waals surface area contributed by atoms with Gasteiger partial charge in [0.2, 0.25) is 0 Å². The van der Waals surface area contributed by atoms with Crippen molar-refractivity contribution in [3.05, 3.63) is 22.3 Å². The minimum Gasteiger partial charge on any atom is -0.369 e. The van der Waals surface area contributed by atoms with Crippen molar-refractivity contribution >= 4 is 45.3 Å². The van der Waals surface area contributed by atoms with Crippen LogP contribution in [0.15, 0.2) is 16.7 Å². The van der Waals surface area contributed by atoms with Crippen molar-refractivity contribution in [1.29, 1.82) is 0 Å². The molecular formula is C11H15BrN2S2. The van der Waals surface area contributed by atoms with Gasteiger partial charge < -0.3 is 5.32 Å². The maximum atomic E-state index is 4.35. The Hall–Kier alpha value is 0.130. The van der Waals surface area contributed by atoms with E-state index in [4.69, 9.17) is 0 Å². The maximum absolute atomic E-state index is 4.35. The Morgan fingerprint density at radius 3 is 3.12 bits per heavy atom. The third kappa shape index (κ3) is 3.57. The van der Waals surface area contributed by atoms with Gasteiger partial charge in [-0.2, -0.15) is 23.5 Å². The van der Waals surface area contributed by atoms with Crippen LogP contribution in [0, 0.1) is 6.92 Å². The second kappa shape index (κ2) is 6.17. The molecule has 1 aliphatic heterocycles. The molecule has 1 aliphatic rings. The highest BCUT2D eigenvalue weighted by atomic mass is 79.9.